The summed E-state index contributed by atoms with van der Waals surface area (Å²) in [7, 11) is 0. The van der Waals surface area contributed by atoms with Gasteiger partial charge in [0.1, 0.15) is 0 Å². The third-order valence-corrected chi connectivity index (χ3v) is 4.68. The molecule has 1 heterocycles. The molecule has 0 aromatic rings. The van der Waals surface area contributed by atoms with Gasteiger partial charge in [-0.1, -0.05) is 19.0 Å². The van der Waals surface area contributed by atoms with Crippen molar-refractivity contribution in [3.63, 3.8) is 0 Å². The number of carbonyl (C=O) groups excluding carboxylic acids is 2. The fourth-order valence-electron chi connectivity index (χ4n) is 3.79. The molecule has 1 aliphatic heterocycles. The van der Waals surface area contributed by atoms with Crippen LogP contribution < -0.4 is 5.32 Å². The summed E-state index contributed by atoms with van der Waals surface area (Å²) in [6.07, 6.45) is 1.98. The van der Waals surface area contributed by atoms with E-state index in [1.165, 1.54) is 0 Å². The molecule has 2 fully saturated rings. The number of aliphatic hydroxyl groups excluding tert-OH is 1. The van der Waals surface area contributed by atoms with Crippen molar-refractivity contribution in [3.8, 4) is 0 Å². The first kappa shape index (κ1) is 15.9. The van der Waals surface area contributed by atoms with E-state index >= 15 is 0 Å². The lowest BCUT2D eigenvalue weighted by atomic mass is 9.71. The third kappa shape index (κ3) is 3.81. The van der Waals surface area contributed by atoms with Crippen molar-refractivity contribution in [2.75, 3.05) is 0 Å². The summed E-state index contributed by atoms with van der Waals surface area (Å²) in [5.41, 5.74) is 0.646. The van der Waals surface area contributed by atoms with Crippen LogP contribution in [0.3, 0.4) is 0 Å². The Bertz CT molecular complexity index is 433. The van der Waals surface area contributed by atoms with Crippen molar-refractivity contribution in [1.29, 1.82) is 0 Å². The number of hydrogen-bond donors (Lipinski definition) is 3. The minimum atomic E-state index is -0.676. The van der Waals surface area contributed by atoms with Gasteiger partial charge in [-0.25, -0.2) is 0 Å². The van der Waals surface area contributed by atoms with Crippen molar-refractivity contribution < 1.29 is 19.9 Å². The van der Waals surface area contributed by atoms with E-state index in [1.807, 2.05) is 6.92 Å². The van der Waals surface area contributed by atoms with E-state index in [0.29, 0.717) is 18.1 Å². The van der Waals surface area contributed by atoms with Gasteiger partial charge in [0.05, 0.1) is 11.8 Å². The number of amides is 2. The molecule has 6 nitrogen and oxygen atoms in total. The molecule has 21 heavy (non-hydrogen) atoms. The van der Waals surface area contributed by atoms with Crippen LogP contribution in [0.2, 0.25) is 0 Å². The van der Waals surface area contributed by atoms with E-state index in [-0.39, 0.29) is 42.4 Å². The maximum absolute atomic E-state index is 11.4. The summed E-state index contributed by atoms with van der Waals surface area (Å²) in [4.78, 5) is 22.8. The van der Waals surface area contributed by atoms with Crippen molar-refractivity contribution in [2.45, 2.75) is 52.1 Å². The van der Waals surface area contributed by atoms with E-state index in [2.05, 4.69) is 17.4 Å². The molecule has 2 amide bonds. The Morgan fingerprint density at radius 2 is 1.86 bits per heavy atom. The monoisotopic (exact) mass is 296 g/mol. The largest absolute Gasteiger partial charge is 0.411 e. The first-order valence-electron chi connectivity index (χ1n) is 7.63. The Kier molecular flexibility index (Phi) is 4.98. The Balaban J connectivity index is 2.02. The molecule has 118 valence electrons. The first-order valence-corrected chi connectivity index (χ1v) is 7.63. The summed E-state index contributed by atoms with van der Waals surface area (Å²) in [6, 6.07) is 0. The highest BCUT2D eigenvalue weighted by molar-refractivity contribution is 5.97. The minimum Gasteiger partial charge on any atom is -0.411 e. The molecular formula is C15H24N2O4. The van der Waals surface area contributed by atoms with Gasteiger partial charge in [-0.2, -0.15) is 0 Å². The second kappa shape index (κ2) is 6.56. The van der Waals surface area contributed by atoms with Gasteiger partial charge in [0.15, 0.2) is 0 Å². The van der Waals surface area contributed by atoms with Crippen molar-refractivity contribution in [3.05, 3.63) is 0 Å². The molecule has 4 atom stereocenters. The highest BCUT2D eigenvalue weighted by atomic mass is 16.4. The van der Waals surface area contributed by atoms with Crippen LogP contribution in [0.25, 0.3) is 0 Å². The molecule has 1 aliphatic carbocycles. The standard InChI is InChI=1S/C15H24N2O4/c1-8-3-9(2)15(17-21)11(4-8)12(18)5-10-6-13(19)16-14(20)7-10/h8-12,18,21H,3-7H2,1-2H3,(H,16,19,20)/b17-15-/t8-,9-,11-,12+/m0/s1. The summed E-state index contributed by atoms with van der Waals surface area (Å²) in [5, 5.41) is 25.4. The number of oxime groups is 1. The quantitative estimate of drug-likeness (QED) is 0.415. The smallest absolute Gasteiger partial charge is 0.226 e. The number of imide groups is 1. The van der Waals surface area contributed by atoms with Crippen molar-refractivity contribution in [1.82, 2.24) is 5.32 Å². The zero-order valence-electron chi connectivity index (χ0n) is 12.6. The minimum absolute atomic E-state index is 0.131. The number of hydrogen-bond acceptors (Lipinski definition) is 5. The van der Waals surface area contributed by atoms with E-state index in [4.69, 9.17) is 0 Å². The molecule has 2 aliphatic rings. The topological polar surface area (TPSA) is 99.0 Å². The average Bonchev–Trinajstić information content (AvgIpc) is 2.36. The zero-order chi connectivity index (χ0) is 15.6. The van der Waals surface area contributed by atoms with E-state index in [0.717, 1.165) is 12.8 Å². The van der Waals surface area contributed by atoms with E-state index in [1.54, 1.807) is 0 Å². The molecule has 3 N–H and O–H groups in total. The molecule has 0 bridgehead atoms. The van der Waals surface area contributed by atoms with E-state index < -0.39 is 6.10 Å². The highest BCUT2D eigenvalue weighted by Crippen LogP contribution is 2.35. The SMILES string of the molecule is C[C@@H]1C[C@@H]([C@H](O)CC2CC(=O)NC(=O)C2)/C(=N\O)[C@@H](C)C1. The fraction of sp³-hybridized carbons (Fsp3) is 0.800. The summed E-state index contributed by atoms with van der Waals surface area (Å²) >= 11 is 0. The summed E-state index contributed by atoms with van der Waals surface area (Å²) in [5.74, 6) is -0.256. The fourth-order valence-corrected chi connectivity index (χ4v) is 3.79. The molecular weight excluding hydrogens is 272 g/mol. The van der Waals surface area contributed by atoms with Crippen LogP contribution in [-0.4, -0.2) is 33.9 Å². The van der Waals surface area contributed by atoms with Gasteiger partial charge in [-0.05, 0) is 37.0 Å². The number of carbonyl (C=O) groups is 2. The van der Waals surface area contributed by atoms with Gasteiger partial charge in [-0.3, -0.25) is 14.9 Å². The van der Waals surface area contributed by atoms with Crippen molar-refractivity contribution >= 4 is 17.5 Å². The Morgan fingerprint density at radius 1 is 1.24 bits per heavy atom. The van der Waals surface area contributed by atoms with Gasteiger partial charge in [0.2, 0.25) is 11.8 Å². The molecule has 1 saturated carbocycles. The summed E-state index contributed by atoms with van der Waals surface area (Å²) < 4.78 is 0. The van der Waals surface area contributed by atoms with Gasteiger partial charge in [0.25, 0.3) is 0 Å². The average molecular weight is 296 g/mol. The maximum atomic E-state index is 11.4. The van der Waals surface area contributed by atoms with Gasteiger partial charge in [0, 0.05) is 18.8 Å². The van der Waals surface area contributed by atoms with Crippen LogP contribution >= 0.6 is 0 Å². The number of aliphatic hydroxyl groups is 1. The molecule has 0 aromatic heterocycles. The van der Waals surface area contributed by atoms with Gasteiger partial charge < -0.3 is 10.3 Å². The normalized spacial score (nSPS) is 34.8. The molecule has 0 spiro atoms. The molecule has 0 unspecified atom stereocenters. The van der Waals surface area contributed by atoms with E-state index in [9.17, 15) is 19.9 Å². The predicted octanol–water partition coefficient (Wildman–Crippen LogP) is 1.30. The van der Waals surface area contributed by atoms with Crippen LogP contribution in [0.5, 0.6) is 0 Å². The molecule has 6 heteroatoms. The molecule has 0 aromatic carbocycles. The van der Waals surface area contributed by atoms with Gasteiger partial charge in [-0.15, -0.1) is 0 Å². The number of rotatable bonds is 3. The highest BCUT2D eigenvalue weighted by Gasteiger charge is 2.37. The van der Waals surface area contributed by atoms with Gasteiger partial charge >= 0.3 is 0 Å². The summed E-state index contributed by atoms with van der Waals surface area (Å²) in [6.45, 7) is 4.13. The number of piperidine rings is 1. The third-order valence-electron chi connectivity index (χ3n) is 4.68. The number of nitrogens with zero attached hydrogens (tertiary/aromatic N) is 1. The lowest BCUT2D eigenvalue weighted by Crippen LogP contribution is -2.42. The van der Waals surface area contributed by atoms with Crippen LogP contribution in [-0.2, 0) is 9.59 Å². The van der Waals surface area contributed by atoms with Crippen LogP contribution in [0.15, 0.2) is 5.16 Å². The van der Waals surface area contributed by atoms with Crippen LogP contribution in [0.4, 0.5) is 0 Å². The number of nitrogens with one attached hydrogen (secondary N) is 1. The Hall–Kier alpha value is -1.43. The van der Waals surface area contributed by atoms with Crippen molar-refractivity contribution in [2.24, 2.45) is 28.8 Å². The zero-order valence-corrected chi connectivity index (χ0v) is 12.6. The molecule has 0 radical (unpaired) electrons. The maximum Gasteiger partial charge on any atom is 0.226 e. The molecule has 2 rings (SSSR count). The van der Waals surface area contributed by atoms with Crippen LogP contribution in [0.1, 0.15) is 46.0 Å². The predicted molar refractivity (Wildman–Crippen MR) is 76.8 cm³/mol. The second-order valence-corrected chi connectivity index (χ2v) is 6.66. The lowest BCUT2D eigenvalue weighted by Gasteiger charge is -2.36. The Morgan fingerprint density at radius 3 is 2.43 bits per heavy atom. The molecule has 1 saturated heterocycles. The second-order valence-electron chi connectivity index (χ2n) is 6.66. The Labute approximate surface area is 124 Å². The van der Waals surface area contributed by atoms with Crippen LogP contribution in [0, 0.1) is 23.7 Å². The first-order chi connectivity index (χ1) is 9.90. The lowest BCUT2D eigenvalue weighted by molar-refractivity contribution is -0.135.